The van der Waals surface area contributed by atoms with Crippen molar-refractivity contribution in [2.24, 2.45) is 5.92 Å². The summed E-state index contributed by atoms with van der Waals surface area (Å²) in [7, 11) is 0. The number of benzene rings is 1. The molecule has 1 aromatic carbocycles. The van der Waals surface area contributed by atoms with Gasteiger partial charge < -0.3 is 14.7 Å². The molecule has 0 aliphatic heterocycles. The zero-order valence-electron chi connectivity index (χ0n) is 12.1. The maximum Gasteiger partial charge on any atom is 0.258 e. The van der Waals surface area contributed by atoms with E-state index in [9.17, 15) is 10.2 Å². The van der Waals surface area contributed by atoms with Gasteiger partial charge in [-0.25, -0.2) is 0 Å². The SMILES string of the molecule is CCC1CCCC(c2noc(-c3cc(O)cc(O)c3)n2)C1. The summed E-state index contributed by atoms with van der Waals surface area (Å²) in [5.74, 6) is 2.14. The van der Waals surface area contributed by atoms with E-state index in [0.29, 0.717) is 17.4 Å². The molecule has 112 valence electrons. The number of aromatic hydroxyl groups is 2. The van der Waals surface area contributed by atoms with E-state index < -0.39 is 0 Å². The van der Waals surface area contributed by atoms with Gasteiger partial charge in [0.1, 0.15) is 11.5 Å². The molecule has 5 heteroatoms. The number of nitrogens with zero attached hydrogens (tertiary/aromatic N) is 2. The van der Waals surface area contributed by atoms with Crippen LogP contribution in [0.4, 0.5) is 0 Å². The minimum Gasteiger partial charge on any atom is -0.508 e. The quantitative estimate of drug-likeness (QED) is 0.897. The molecular weight excluding hydrogens is 268 g/mol. The smallest absolute Gasteiger partial charge is 0.258 e. The number of phenolic OH excluding ortho intramolecular Hbond substituents is 2. The lowest BCUT2D eigenvalue weighted by atomic mass is 9.80. The van der Waals surface area contributed by atoms with Crippen molar-refractivity contribution in [1.82, 2.24) is 10.1 Å². The standard InChI is InChI=1S/C16H20N2O3/c1-2-10-4-3-5-11(6-10)15-17-16(21-18-15)12-7-13(19)9-14(20)8-12/h7-11,19-20H,2-6H2,1H3. The number of aromatic nitrogens is 2. The lowest BCUT2D eigenvalue weighted by Gasteiger charge is -2.26. The fraction of sp³-hybridized carbons (Fsp3) is 0.500. The number of hydrogen-bond donors (Lipinski definition) is 2. The number of hydrogen-bond acceptors (Lipinski definition) is 5. The summed E-state index contributed by atoms with van der Waals surface area (Å²) in [6.45, 7) is 2.23. The van der Waals surface area contributed by atoms with Crippen LogP contribution in [0, 0.1) is 5.92 Å². The fourth-order valence-corrected chi connectivity index (χ4v) is 3.13. The average Bonchev–Trinajstić information content (AvgIpc) is 2.96. The molecule has 1 heterocycles. The molecule has 2 N–H and O–H groups in total. The minimum absolute atomic E-state index is 0.0199. The molecule has 0 amide bonds. The molecule has 2 unspecified atom stereocenters. The summed E-state index contributed by atoms with van der Waals surface area (Å²) in [5.41, 5.74) is 0.536. The Kier molecular flexibility index (Phi) is 3.82. The normalized spacial score (nSPS) is 22.3. The topological polar surface area (TPSA) is 79.4 Å². The third-order valence-electron chi connectivity index (χ3n) is 4.32. The van der Waals surface area contributed by atoms with Crippen LogP contribution in [0.15, 0.2) is 22.7 Å². The maximum absolute atomic E-state index is 9.53. The van der Waals surface area contributed by atoms with E-state index in [-0.39, 0.29) is 11.5 Å². The van der Waals surface area contributed by atoms with E-state index in [1.165, 1.54) is 37.5 Å². The van der Waals surface area contributed by atoms with Crippen LogP contribution in [0.3, 0.4) is 0 Å². The number of rotatable bonds is 3. The van der Waals surface area contributed by atoms with Crippen LogP contribution in [0.1, 0.15) is 50.8 Å². The van der Waals surface area contributed by atoms with Gasteiger partial charge in [-0.1, -0.05) is 31.3 Å². The summed E-state index contributed by atoms with van der Waals surface area (Å²) < 4.78 is 5.30. The molecule has 1 saturated carbocycles. The highest BCUT2D eigenvalue weighted by Gasteiger charge is 2.26. The fourth-order valence-electron chi connectivity index (χ4n) is 3.13. The predicted molar refractivity (Wildman–Crippen MR) is 78.1 cm³/mol. The zero-order chi connectivity index (χ0) is 14.8. The molecule has 0 spiro atoms. The van der Waals surface area contributed by atoms with Crippen molar-refractivity contribution in [3.05, 3.63) is 24.0 Å². The second-order valence-electron chi connectivity index (χ2n) is 5.83. The van der Waals surface area contributed by atoms with Crippen molar-refractivity contribution in [2.45, 2.75) is 44.9 Å². The van der Waals surface area contributed by atoms with E-state index in [0.717, 1.165) is 24.6 Å². The Labute approximate surface area is 123 Å². The Morgan fingerprint density at radius 2 is 1.95 bits per heavy atom. The molecular formula is C16H20N2O3. The highest BCUT2D eigenvalue weighted by molar-refractivity contribution is 5.58. The van der Waals surface area contributed by atoms with Crippen molar-refractivity contribution < 1.29 is 14.7 Å². The first-order valence-corrected chi connectivity index (χ1v) is 7.52. The van der Waals surface area contributed by atoms with Gasteiger partial charge in [-0.3, -0.25) is 0 Å². The number of phenols is 2. The zero-order valence-corrected chi connectivity index (χ0v) is 12.1. The second-order valence-corrected chi connectivity index (χ2v) is 5.83. The highest BCUT2D eigenvalue weighted by Crippen LogP contribution is 2.37. The van der Waals surface area contributed by atoms with Crippen molar-refractivity contribution in [3.63, 3.8) is 0 Å². The van der Waals surface area contributed by atoms with Gasteiger partial charge in [0.05, 0.1) is 0 Å². The van der Waals surface area contributed by atoms with Crippen LogP contribution in [0.25, 0.3) is 11.5 Å². The molecule has 0 saturated heterocycles. The van der Waals surface area contributed by atoms with Gasteiger partial charge in [0.2, 0.25) is 0 Å². The molecule has 1 fully saturated rings. The lowest BCUT2D eigenvalue weighted by molar-refractivity contribution is 0.300. The monoisotopic (exact) mass is 288 g/mol. The van der Waals surface area contributed by atoms with E-state index in [1.807, 2.05) is 0 Å². The van der Waals surface area contributed by atoms with Crippen LogP contribution in [0.5, 0.6) is 11.5 Å². The molecule has 2 aromatic rings. The summed E-state index contributed by atoms with van der Waals surface area (Å²) >= 11 is 0. The maximum atomic E-state index is 9.53. The van der Waals surface area contributed by atoms with Gasteiger partial charge in [0.15, 0.2) is 5.82 Å². The van der Waals surface area contributed by atoms with Gasteiger partial charge >= 0.3 is 0 Å². The first-order chi connectivity index (χ1) is 10.2. The molecule has 21 heavy (non-hydrogen) atoms. The van der Waals surface area contributed by atoms with E-state index in [4.69, 9.17) is 4.52 Å². The van der Waals surface area contributed by atoms with Gasteiger partial charge in [-0.15, -0.1) is 0 Å². The van der Waals surface area contributed by atoms with Crippen molar-refractivity contribution in [3.8, 4) is 23.0 Å². The van der Waals surface area contributed by atoms with Crippen molar-refractivity contribution >= 4 is 0 Å². The largest absolute Gasteiger partial charge is 0.508 e. The van der Waals surface area contributed by atoms with Crippen LogP contribution in [-0.4, -0.2) is 20.4 Å². The average molecular weight is 288 g/mol. The summed E-state index contributed by atoms with van der Waals surface area (Å²) in [5, 5.41) is 23.1. The molecule has 0 radical (unpaired) electrons. The summed E-state index contributed by atoms with van der Waals surface area (Å²) in [6, 6.07) is 4.28. The first kappa shape index (κ1) is 13.9. The Balaban J connectivity index is 1.82. The van der Waals surface area contributed by atoms with E-state index in [2.05, 4.69) is 17.1 Å². The van der Waals surface area contributed by atoms with Crippen molar-refractivity contribution in [1.29, 1.82) is 0 Å². The van der Waals surface area contributed by atoms with Crippen LogP contribution in [0.2, 0.25) is 0 Å². The molecule has 0 bridgehead atoms. The molecule has 3 rings (SSSR count). The third kappa shape index (κ3) is 3.01. The van der Waals surface area contributed by atoms with Crippen LogP contribution < -0.4 is 0 Å². The predicted octanol–water partition coefficient (Wildman–Crippen LogP) is 3.83. The Hall–Kier alpha value is -2.04. The first-order valence-electron chi connectivity index (χ1n) is 7.52. The Morgan fingerprint density at radius 1 is 1.19 bits per heavy atom. The Bertz CT molecular complexity index is 603. The van der Waals surface area contributed by atoms with E-state index in [1.54, 1.807) is 0 Å². The molecule has 1 aliphatic rings. The van der Waals surface area contributed by atoms with Crippen molar-refractivity contribution in [2.75, 3.05) is 0 Å². The van der Waals surface area contributed by atoms with Gasteiger partial charge in [-0.05, 0) is 30.9 Å². The molecule has 1 aliphatic carbocycles. The molecule has 5 nitrogen and oxygen atoms in total. The third-order valence-corrected chi connectivity index (χ3v) is 4.32. The van der Waals surface area contributed by atoms with Crippen LogP contribution >= 0.6 is 0 Å². The van der Waals surface area contributed by atoms with Crippen LogP contribution in [-0.2, 0) is 0 Å². The second kappa shape index (κ2) is 5.76. The minimum atomic E-state index is -0.0199. The van der Waals surface area contributed by atoms with Gasteiger partial charge in [-0.2, -0.15) is 4.98 Å². The van der Waals surface area contributed by atoms with Gasteiger partial charge in [0, 0.05) is 17.5 Å². The van der Waals surface area contributed by atoms with Gasteiger partial charge in [0.25, 0.3) is 5.89 Å². The lowest BCUT2D eigenvalue weighted by Crippen LogP contribution is -2.14. The Morgan fingerprint density at radius 3 is 2.67 bits per heavy atom. The molecule has 2 atom stereocenters. The van der Waals surface area contributed by atoms with E-state index >= 15 is 0 Å². The summed E-state index contributed by atoms with van der Waals surface area (Å²) in [4.78, 5) is 4.46. The molecule has 1 aromatic heterocycles. The highest BCUT2D eigenvalue weighted by atomic mass is 16.5. The summed E-state index contributed by atoms with van der Waals surface area (Å²) in [6.07, 6.45) is 5.90.